The van der Waals surface area contributed by atoms with Crippen LogP contribution in [0.2, 0.25) is 0 Å². The van der Waals surface area contributed by atoms with Crippen LogP contribution in [0.3, 0.4) is 0 Å². The second-order valence-corrected chi connectivity index (χ2v) is 13.8. The molecule has 1 atom stereocenters. The van der Waals surface area contributed by atoms with Gasteiger partial charge in [-0.3, -0.25) is 4.79 Å². The van der Waals surface area contributed by atoms with Gasteiger partial charge in [-0.2, -0.15) is 5.26 Å². The minimum absolute atomic E-state index is 0.0754. The van der Waals surface area contributed by atoms with Crippen LogP contribution in [0.15, 0.2) is 72.3 Å². The summed E-state index contributed by atoms with van der Waals surface area (Å²) in [6, 6.07) is 17.5. The molecule has 3 aromatic carbocycles. The van der Waals surface area contributed by atoms with Crippen LogP contribution in [0.5, 0.6) is 23.0 Å². The summed E-state index contributed by atoms with van der Waals surface area (Å²) in [5.41, 5.74) is 6.48. The molecule has 1 unspecified atom stereocenters. The number of carboxylic acid groups (broad SMARTS) is 1. The molecular formula is C38H46N2O8S. The predicted octanol–water partition coefficient (Wildman–Crippen LogP) is 6.65. The van der Waals surface area contributed by atoms with Gasteiger partial charge in [-0.05, 0) is 90.9 Å². The number of allylic oxidation sites excluding steroid dienone is 2. The van der Waals surface area contributed by atoms with Crippen LogP contribution in [0.4, 0.5) is 0 Å². The first-order valence-corrected chi connectivity index (χ1v) is 18.2. The van der Waals surface area contributed by atoms with Crippen molar-refractivity contribution in [1.82, 2.24) is 5.32 Å². The van der Waals surface area contributed by atoms with Crippen molar-refractivity contribution in [3.63, 3.8) is 0 Å². The normalized spacial score (nSPS) is 13.2. The second-order valence-electron chi connectivity index (χ2n) is 11.5. The monoisotopic (exact) mass is 690 g/mol. The molecule has 0 aromatic heterocycles. The van der Waals surface area contributed by atoms with Gasteiger partial charge in [-0.15, -0.1) is 0 Å². The number of aryl methyl sites for hydroxylation is 1. The molecule has 1 heterocycles. The van der Waals surface area contributed by atoms with Gasteiger partial charge in [-0.1, -0.05) is 38.6 Å². The van der Waals surface area contributed by atoms with E-state index in [0.717, 1.165) is 39.7 Å². The molecule has 0 radical (unpaired) electrons. The Kier molecular flexibility index (Phi) is 14.3. The summed E-state index contributed by atoms with van der Waals surface area (Å²) < 4.78 is 47.1. The van der Waals surface area contributed by atoms with E-state index in [9.17, 15) is 23.6 Å². The summed E-state index contributed by atoms with van der Waals surface area (Å²) in [7, 11) is -3.33. The van der Waals surface area contributed by atoms with E-state index in [2.05, 4.69) is 18.0 Å². The minimum atomic E-state index is -3.33. The zero-order valence-corrected chi connectivity index (χ0v) is 29.9. The molecule has 49 heavy (non-hydrogen) atoms. The molecule has 4 rings (SSSR count). The third-order valence-electron chi connectivity index (χ3n) is 7.85. The molecule has 0 aliphatic carbocycles. The van der Waals surface area contributed by atoms with Crippen molar-refractivity contribution in [2.75, 3.05) is 31.8 Å². The topological polar surface area (TPSA) is 144 Å². The lowest BCUT2D eigenvalue weighted by atomic mass is 9.97. The molecular weight excluding hydrogens is 644 g/mol. The number of nitrogens with zero attached hydrogens (tertiary/aromatic N) is 1. The number of nitrogens with one attached hydrogen (secondary N) is 1. The van der Waals surface area contributed by atoms with E-state index >= 15 is 0 Å². The Hall–Kier alpha value is -4.79. The number of carboxylic acids is 1. The van der Waals surface area contributed by atoms with Crippen molar-refractivity contribution in [3.05, 3.63) is 100 Å². The van der Waals surface area contributed by atoms with E-state index in [1.54, 1.807) is 24.3 Å². The van der Waals surface area contributed by atoms with E-state index in [-0.39, 0.29) is 31.9 Å². The number of sulfone groups is 1. The fraction of sp³-hybridized carbons (Fsp3) is 0.368. The van der Waals surface area contributed by atoms with E-state index in [0.29, 0.717) is 47.3 Å². The standard InChI is InChI=1S/C36H40N2O8S.C2H6/c1-23-15-30(20-38-31(36(39)40)11-14-47(5,41)42)34(46-22-28-8-6-7-27(16-28)19-37)18-33(23)45-21-24(2)25(3)26(4)29-9-10-32-35(17-29)44-13-12-43-32;1-2/h6-10,15-18,31,38H,4,11-14,20-22H2,1-3,5H3,(H,39,40);1-2H3/b25-24+;. The molecule has 3 aromatic rings. The molecule has 0 saturated heterocycles. The minimum Gasteiger partial charge on any atom is -0.489 e. The quantitative estimate of drug-likeness (QED) is 0.166. The summed E-state index contributed by atoms with van der Waals surface area (Å²) in [6.07, 6.45) is 1.00. The van der Waals surface area contributed by atoms with Crippen molar-refractivity contribution in [2.24, 2.45) is 0 Å². The number of carbonyl (C=O) groups is 1. The van der Waals surface area contributed by atoms with Crippen molar-refractivity contribution in [1.29, 1.82) is 5.26 Å². The summed E-state index contributed by atoms with van der Waals surface area (Å²) >= 11 is 0. The number of rotatable bonds is 15. The van der Waals surface area contributed by atoms with Crippen LogP contribution < -0.4 is 24.3 Å². The van der Waals surface area contributed by atoms with Gasteiger partial charge in [0.1, 0.15) is 53.8 Å². The van der Waals surface area contributed by atoms with Crippen molar-refractivity contribution in [3.8, 4) is 29.1 Å². The summed E-state index contributed by atoms with van der Waals surface area (Å²) in [5.74, 6) is 1.06. The molecule has 1 aliphatic heterocycles. The number of fused-ring (bicyclic) bond motifs is 1. The first kappa shape index (κ1) is 38.7. The smallest absolute Gasteiger partial charge is 0.320 e. The lowest BCUT2D eigenvalue weighted by Crippen LogP contribution is -2.37. The van der Waals surface area contributed by atoms with Crippen LogP contribution >= 0.6 is 0 Å². The van der Waals surface area contributed by atoms with E-state index in [1.807, 2.05) is 65.0 Å². The molecule has 0 spiro atoms. The van der Waals surface area contributed by atoms with Gasteiger partial charge in [0.15, 0.2) is 11.5 Å². The number of aliphatic carboxylic acids is 1. The number of nitriles is 1. The Bertz CT molecular complexity index is 1830. The fourth-order valence-corrected chi connectivity index (χ4v) is 5.59. The maximum atomic E-state index is 11.9. The molecule has 1 aliphatic rings. The van der Waals surface area contributed by atoms with Crippen molar-refractivity contribution < 1.29 is 37.3 Å². The van der Waals surface area contributed by atoms with Gasteiger partial charge in [0, 0.05) is 24.4 Å². The highest BCUT2D eigenvalue weighted by atomic mass is 32.2. The largest absolute Gasteiger partial charge is 0.489 e. The van der Waals surface area contributed by atoms with Crippen LogP contribution in [-0.4, -0.2) is 57.4 Å². The van der Waals surface area contributed by atoms with Gasteiger partial charge in [0.2, 0.25) is 0 Å². The maximum absolute atomic E-state index is 11.9. The molecule has 0 amide bonds. The number of benzene rings is 3. The van der Waals surface area contributed by atoms with Crippen LogP contribution in [0, 0.1) is 18.3 Å². The molecule has 0 fully saturated rings. The van der Waals surface area contributed by atoms with E-state index < -0.39 is 21.8 Å². The Morgan fingerprint density at radius 3 is 2.43 bits per heavy atom. The van der Waals surface area contributed by atoms with E-state index in [4.69, 9.17) is 18.9 Å². The maximum Gasteiger partial charge on any atom is 0.320 e. The highest BCUT2D eigenvalue weighted by Crippen LogP contribution is 2.35. The Balaban J connectivity index is 0.00000319. The third-order valence-corrected chi connectivity index (χ3v) is 8.83. The van der Waals surface area contributed by atoms with E-state index in [1.165, 1.54) is 0 Å². The molecule has 11 heteroatoms. The predicted molar refractivity (Wildman–Crippen MR) is 191 cm³/mol. The number of hydrogen-bond acceptors (Lipinski definition) is 9. The van der Waals surface area contributed by atoms with Gasteiger partial charge < -0.3 is 29.4 Å². The lowest BCUT2D eigenvalue weighted by Gasteiger charge is -2.20. The summed E-state index contributed by atoms with van der Waals surface area (Å²) in [4.78, 5) is 11.9. The molecule has 0 saturated carbocycles. The molecule has 2 N–H and O–H groups in total. The molecule has 0 bridgehead atoms. The Labute approximate surface area is 289 Å². The Morgan fingerprint density at radius 2 is 1.76 bits per heavy atom. The highest BCUT2D eigenvalue weighted by molar-refractivity contribution is 7.90. The molecule has 262 valence electrons. The van der Waals surface area contributed by atoms with Crippen LogP contribution in [0.1, 0.15) is 61.9 Å². The first-order valence-electron chi connectivity index (χ1n) is 16.1. The molecule has 10 nitrogen and oxygen atoms in total. The number of ether oxygens (including phenoxy) is 4. The Morgan fingerprint density at radius 1 is 1.04 bits per heavy atom. The van der Waals surface area contributed by atoms with Gasteiger partial charge in [-0.25, -0.2) is 8.42 Å². The van der Waals surface area contributed by atoms with Crippen molar-refractivity contribution in [2.45, 2.75) is 60.2 Å². The van der Waals surface area contributed by atoms with Gasteiger partial charge in [0.05, 0.1) is 17.4 Å². The summed E-state index contributed by atoms with van der Waals surface area (Å²) in [6.45, 7) is 15.7. The zero-order valence-electron chi connectivity index (χ0n) is 29.1. The average molecular weight is 691 g/mol. The SMILES string of the molecule is C=C(/C(C)=C(\C)COc1cc(OCc2cccc(C#N)c2)c(CNC(CCS(C)(=O)=O)C(=O)O)cc1C)c1ccc2c(c1)OCCO2.CC. The highest BCUT2D eigenvalue weighted by Gasteiger charge is 2.21. The van der Waals surface area contributed by atoms with Crippen molar-refractivity contribution >= 4 is 21.4 Å². The summed E-state index contributed by atoms with van der Waals surface area (Å²) in [5, 5.41) is 21.9. The zero-order chi connectivity index (χ0) is 36.1. The number of hydrogen-bond donors (Lipinski definition) is 2. The first-order chi connectivity index (χ1) is 23.3. The average Bonchev–Trinajstić information content (AvgIpc) is 3.09. The van der Waals surface area contributed by atoms with Gasteiger partial charge in [0.25, 0.3) is 0 Å². The lowest BCUT2D eigenvalue weighted by molar-refractivity contribution is -0.139. The fourth-order valence-electron chi connectivity index (χ4n) is 4.93. The third kappa shape index (κ3) is 11.4. The van der Waals surface area contributed by atoms with Crippen LogP contribution in [-0.2, 0) is 27.8 Å². The second kappa shape index (κ2) is 18.1. The van der Waals surface area contributed by atoms with Gasteiger partial charge >= 0.3 is 5.97 Å². The van der Waals surface area contributed by atoms with Crippen LogP contribution in [0.25, 0.3) is 5.57 Å².